The minimum Gasteiger partial charge on any atom is -0.354 e. The molecule has 1 fully saturated rings. The summed E-state index contributed by atoms with van der Waals surface area (Å²) in [5, 5.41) is 12.0. The van der Waals surface area contributed by atoms with Crippen LogP contribution in [0.25, 0.3) is 6.08 Å². The van der Waals surface area contributed by atoms with Crippen LogP contribution in [0.15, 0.2) is 59.2 Å². The Hall–Kier alpha value is -2.67. The van der Waals surface area contributed by atoms with Crippen molar-refractivity contribution >= 4 is 57.4 Å². The number of hydrogen-bond acceptors (Lipinski definition) is 5. The number of fused-ring (bicyclic) bond motifs is 1. The van der Waals surface area contributed by atoms with Crippen LogP contribution >= 0.6 is 34.5 Å². The van der Waals surface area contributed by atoms with Gasteiger partial charge in [-0.2, -0.15) is 5.10 Å². The first-order valence-corrected chi connectivity index (χ1v) is 12.8. The first-order valence-electron chi connectivity index (χ1n) is 11.2. The normalized spacial score (nSPS) is 20.9. The van der Waals surface area contributed by atoms with Crippen LogP contribution in [-0.2, 0) is 0 Å². The summed E-state index contributed by atoms with van der Waals surface area (Å²) < 4.78 is 0. The molecule has 2 aliphatic rings. The molecule has 1 aromatic heterocycles. The van der Waals surface area contributed by atoms with Crippen LogP contribution in [0, 0.1) is 12.8 Å². The molecule has 1 N–H and O–H groups in total. The average Bonchev–Trinajstić information content (AvgIpc) is 3.42. The van der Waals surface area contributed by atoms with Gasteiger partial charge in [-0.05, 0) is 73.2 Å². The van der Waals surface area contributed by atoms with Crippen LogP contribution in [0.1, 0.15) is 51.8 Å². The first kappa shape index (κ1) is 23.1. The number of anilines is 1. The Morgan fingerprint density at radius 2 is 1.79 bits per heavy atom. The smallest absolute Gasteiger partial charge is 0.263 e. The molecule has 5 rings (SSSR count). The molecule has 5 nitrogen and oxygen atoms in total. The standard InChI is InChI=1S/C26H24Cl2N4OS/c1-15-24(25(33)29-2)34-26(30-15)32-23(17-8-12-20(28)13-9-17)21-5-3-4-18(22(21)31-32)14-16-6-10-19(27)11-7-16/h6-14,21,23H,3-5H2,1-2H3,(H,29,33)/b18-14-/t21-,23+/m1/s1. The van der Waals surface area contributed by atoms with Crippen LogP contribution in [0.3, 0.4) is 0 Å². The van der Waals surface area contributed by atoms with Gasteiger partial charge in [-0.3, -0.25) is 4.79 Å². The lowest BCUT2D eigenvalue weighted by Gasteiger charge is -2.29. The van der Waals surface area contributed by atoms with Crippen molar-refractivity contribution in [3.8, 4) is 0 Å². The SMILES string of the molecule is CNC(=O)c1sc(N2N=C3/C(=C\c4ccc(Cl)cc4)CCC[C@H]3[C@@H]2c2ccc(Cl)cc2)nc1C. The third kappa shape index (κ3) is 4.38. The van der Waals surface area contributed by atoms with E-state index >= 15 is 0 Å². The second-order valence-corrected chi connectivity index (χ2v) is 10.4. The van der Waals surface area contributed by atoms with E-state index in [9.17, 15) is 4.79 Å². The summed E-state index contributed by atoms with van der Waals surface area (Å²) >= 11 is 13.7. The highest BCUT2D eigenvalue weighted by atomic mass is 35.5. The number of nitrogens with one attached hydrogen (secondary N) is 1. The number of aryl methyl sites for hydroxylation is 1. The van der Waals surface area contributed by atoms with Gasteiger partial charge in [-0.25, -0.2) is 9.99 Å². The van der Waals surface area contributed by atoms with E-state index < -0.39 is 0 Å². The summed E-state index contributed by atoms with van der Waals surface area (Å²) in [6.45, 7) is 1.87. The molecule has 174 valence electrons. The number of allylic oxidation sites excluding steroid dienone is 1. The van der Waals surface area contributed by atoms with E-state index in [-0.39, 0.29) is 17.9 Å². The largest absolute Gasteiger partial charge is 0.354 e. The molecule has 1 saturated carbocycles. The molecule has 8 heteroatoms. The number of aromatic nitrogens is 1. The number of thiazole rings is 1. The van der Waals surface area contributed by atoms with Crippen molar-refractivity contribution in [2.75, 3.05) is 12.1 Å². The van der Waals surface area contributed by atoms with Gasteiger partial charge in [0, 0.05) is 23.0 Å². The molecule has 3 aromatic rings. The van der Waals surface area contributed by atoms with Gasteiger partial charge >= 0.3 is 0 Å². The van der Waals surface area contributed by atoms with Crippen molar-refractivity contribution in [2.24, 2.45) is 11.0 Å². The second-order valence-electron chi connectivity index (χ2n) is 8.54. The summed E-state index contributed by atoms with van der Waals surface area (Å²) in [5.74, 6) is 0.0954. The maximum absolute atomic E-state index is 12.4. The number of hydrazone groups is 1. The Labute approximate surface area is 213 Å². The zero-order valence-corrected chi connectivity index (χ0v) is 21.2. The number of halogens is 2. The zero-order chi connectivity index (χ0) is 23.8. The van der Waals surface area contributed by atoms with E-state index in [1.54, 1.807) is 7.05 Å². The highest BCUT2D eigenvalue weighted by Crippen LogP contribution is 2.47. The van der Waals surface area contributed by atoms with E-state index in [0.717, 1.165) is 46.3 Å². The van der Waals surface area contributed by atoms with Crippen molar-refractivity contribution in [2.45, 2.75) is 32.2 Å². The second kappa shape index (κ2) is 9.53. The van der Waals surface area contributed by atoms with Gasteiger partial charge in [0.25, 0.3) is 5.91 Å². The molecule has 1 aliphatic heterocycles. The maximum atomic E-state index is 12.4. The summed E-state index contributed by atoms with van der Waals surface area (Å²) in [4.78, 5) is 17.7. The molecule has 1 amide bonds. The molecule has 2 heterocycles. The van der Waals surface area contributed by atoms with Crippen molar-refractivity contribution in [3.63, 3.8) is 0 Å². The monoisotopic (exact) mass is 510 g/mol. The predicted molar refractivity (Wildman–Crippen MR) is 141 cm³/mol. The quantitative estimate of drug-likeness (QED) is 0.414. The molecule has 0 unspecified atom stereocenters. The molecule has 1 aliphatic carbocycles. The highest BCUT2D eigenvalue weighted by Gasteiger charge is 2.43. The zero-order valence-electron chi connectivity index (χ0n) is 18.9. The third-order valence-corrected chi connectivity index (χ3v) is 7.99. The van der Waals surface area contributed by atoms with Crippen LogP contribution in [0.5, 0.6) is 0 Å². The number of nitrogens with zero attached hydrogens (tertiary/aromatic N) is 3. The number of benzene rings is 2. The van der Waals surface area contributed by atoms with E-state index in [1.807, 2.05) is 48.3 Å². The number of carbonyl (C=O) groups excluding carboxylic acids is 1. The minimum atomic E-state index is -0.128. The fourth-order valence-corrected chi connectivity index (χ4v) is 5.97. The van der Waals surface area contributed by atoms with Crippen LogP contribution in [0.2, 0.25) is 10.0 Å². The molecule has 0 bridgehead atoms. The number of carbonyl (C=O) groups is 1. The van der Waals surface area contributed by atoms with E-state index in [4.69, 9.17) is 33.3 Å². The van der Waals surface area contributed by atoms with E-state index in [2.05, 4.69) is 23.5 Å². The Kier molecular flexibility index (Phi) is 6.47. The van der Waals surface area contributed by atoms with Crippen LogP contribution in [-0.4, -0.2) is 23.7 Å². The van der Waals surface area contributed by atoms with Crippen LogP contribution < -0.4 is 10.3 Å². The topological polar surface area (TPSA) is 57.6 Å². The van der Waals surface area contributed by atoms with Gasteiger partial charge < -0.3 is 5.32 Å². The van der Waals surface area contributed by atoms with Gasteiger partial charge in [-0.1, -0.05) is 58.8 Å². The highest BCUT2D eigenvalue weighted by molar-refractivity contribution is 7.17. The van der Waals surface area contributed by atoms with Crippen molar-refractivity contribution < 1.29 is 4.79 Å². The lowest BCUT2D eigenvalue weighted by molar-refractivity contribution is 0.0966. The summed E-state index contributed by atoms with van der Waals surface area (Å²) in [6.07, 6.45) is 5.31. The van der Waals surface area contributed by atoms with Gasteiger partial charge in [0.15, 0.2) is 0 Å². The molecular formula is C26H24Cl2N4OS. The number of amides is 1. The minimum absolute atomic E-state index is 0.00993. The molecule has 2 aromatic carbocycles. The van der Waals surface area contributed by atoms with Gasteiger partial charge in [0.2, 0.25) is 5.13 Å². The molecule has 34 heavy (non-hydrogen) atoms. The molecule has 0 spiro atoms. The average molecular weight is 511 g/mol. The summed E-state index contributed by atoms with van der Waals surface area (Å²) in [6, 6.07) is 15.8. The Morgan fingerprint density at radius 1 is 1.12 bits per heavy atom. The Morgan fingerprint density at radius 3 is 2.47 bits per heavy atom. The van der Waals surface area contributed by atoms with Gasteiger partial charge in [-0.15, -0.1) is 0 Å². The molecular weight excluding hydrogens is 487 g/mol. The van der Waals surface area contributed by atoms with Gasteiger partial charge in [0.1, 0.15) is 4.88 Å². The Bertz CT molecular complexity index is 1280. The lowest BCUT2D eigenvalue weighted by Crippen LogP contribution is -2.28. The third-order valence-electron chi connectivity index (χ3n) is 6.34. The number of rotatable bonds is 4. The van der Waals surface area contributed by atoms with Crippen molar-refractivity contribution in [3.05, 3.63) is 85.8 Å². The van der Waals surface area contributed by atoms with Crippen LogP contribution in [0.4, 0.5) is 5.13 Å². The lowest BCUT2D eigenvalue weighted by atomic mass is 9.77. The van der Waals surface area contributed by atoms with Crippen molar-refractivity contribution in [1.29, 1.82) is 0 Å². The molecule has 2 atom stereocenters. The Balaban J connectivity index is 1.60. The maximum Gasteiger partial charge on any atom is 0.263 e. The van der Waals surface area contributed by atoms with E-state index in [1.165, 1.54) is 16.9 Å². The fourth-order valence-electron chi connectivity index (χ4n) is 4.72. The van der Waals surface area contributed by atoms with Gasteiger partial charge in [0.05, 0.1) is 17.4 Å². The molecule has 0 radical (unpaired) electrons. The fraction of sp³-hybridized carbons (Fsp3) is 0.269. The predicted octanol–water partition coefficient (Wildman–Crippen LogP) is 6.92. The molecule has 0 saturated heterocycles. The van der Waals surface area contributed by atoms with E-state index in [0.29, 0.717) is 15.6 Å². The number of hydrogen-bond donors (Lipinski definition) is 1. The summed E-state index contributed by atoms with van der Waals surface area (Å²) in [7, 11) is 1.64. The van der Waals surface area contributed by atoms with Crippen molar-refractivity contribution in [1.82, 2.24) is 10.3 Å². The summed E-state index contributed by atoms with van der Waals surface area (Å²) in [5.41, 5.74) is 5.28. The first-order chi connectivity index (χ1) is 16.4.